The van der Waals surface area contributed by atoms with Crippen molar-refractivity contribution in [1.29, 1.82) is 0 Å². The molecule has 6 nitrogen and oxygen atoms in total. The van der Waals surface area contributed by atoms with Crippen LogP contribution in [0, 0.1) is 20.8 Å². The first-order chi connectivity index (χ1) is 11.9. The Kier molecular flexibility index (Phi) is 4.70. The van der Waals surface area contributed by atoms with Gasteiger partial charge in [0.1, 0.15) is 11.9 Å². The van der Waals surface area contributed by atoms with Gasteiger partial charge in [-0.25, -0.2) is 4.98 Å². The third-order valence-corrected chi connectivity index (χ3v) is 4.29. The van der Waals surface area contributed by atoms with Crippen LogP contribution in [0.1, 0.15) is 35.7 Å². The molecule has 130 valence electrons. The zero-order chi connectivity index (χ0) is 18.0. The molecule has 0 radical (unpaired) electrons. The first kappa shape index (κ1) is 17.0. The highest BCUT2D eigenvalue weighted by Gasteiger charge is 2.17. The predicted molar refractivity (Wildman–Crippen MR) is 97.5 cm³/mol. The predicted octanol–water partition coefficient (Wildman–Crippen LogP) is 3.25. The van der Waals surface area contributed by atoms with Crippen LogP contribution in [0.5, 0.6) is 0 Å². The van der Waals surface area contributed by atoms with Gasteiger partial charge in [0, 0.05) is 30.3 Å². The molecule has 1 aromatic carbocycles. The minimum atomic E-state index is -0.359. The molecule has 0 bridgehead atoms. The largest absolute Gasteiger partial charge is 0.331 e. The van der Waals surface area contributed by atoms with E-state index in [9.17, 15) is 4.79 Å². The van der Waals surface area contributed by atoms with Gasteiger partial charge in [-0.05, 0) is 51.5 Å². The Morgan fingerprint density at radius 2 is 1.92 bits per heavy atom. The first-order valence-electron chi connectivity index (χ1n) is 8.34. The second-order valence-electron chi connectivity index (χ2n) is 6.34. The van der Waals surface area contributed by atoms with Gasteiger partial charge in [-0.1, -0.05) is 12.1 Å². The van der Waals surface area contributed by atoms with Crippen LogP contribution in [-0.4, -0.2) is 25.2 Å². The summed E-state index contributed by atoms with van der Waals surface area (Å²) < 4.78 is 3.83. The number of carbonyl (C=O) groups is 1. The highest BCUT2D eigenvalue weighted by atomic mass is 16.2. The summed E-state index contributed by atoms with van der Waals surface area (Å²) in [5, 5.41) is 7.34. The summed E-state index contributed by atoms with van der Waals surface area (Å²) in [7, 11) is 0. The van der Waals surface area contributed by atoms with Crippen molar-refractivity contribution in [2.45, 2.75) is 40.3 Å². The topological polar surface area (TPSA) is 64.7 Å². The summed E-state index contributed by atoms with van der Waals surface area (Å²) in [5.41, 5.74) is 3.83. The lowest BCUT2D eigenvalue weighted by Crippen LogP contribution is -2.25. The summed E-state index contributed by atoms with van der Waals surface area (Å²) in [5.74, 6) is 0.903. The highest BCUT2D eigenvalue weighted by Crippen LogP contribution is 2.16. The fourth-order valence-corrected chi connectivity index (χ4v) is 2.86. The van der Waals surface area contributed by atoms with Crippen molar-refractivity contribution in [2.24, 2.45) is 0 Å². The van der Waals surface area contributed by atoms with Gasteiger partial charge in [-0.3, -0.25) is 9.48 Å². The molecule has 0 aliphatic rings. The third kappa shape index (κ3) is 3.79. The van der Waals surface area contributed by atoms with Crippen molar-refractivity contribution in [1.82, 2.24) is 19.3 Å². The average molecular weight is 337 g/mol. The van der Waals surface area contributed by atoms with E-state index in [1.54, 1.807) is 10.9 Å². The van der Waals surface area contributed by atoms with E-state index in [1.807, 2.05) is 64.2 Å². The molecule has 0 aliphatic carbocycles. The van der Waals surface area contributed by atoms with Gasteiger partial charge in [-0.2, -0.15) is 5.10 Å². The standard InChI is InChI=1S/C19H23N5O/c1-13-11-14(2)24(22-13)15(3)19(25)21-18-7-5-17(6-8-18)12-23-10-9-20-16(23)4/h5-11,15H,12H2,1-4H3,(H,21,25)/t15-/m1/s1. The summed E-state index contributed by atoms with van der Waals surface area (Å²) in [6.07, 6.45) is 3.76. The maximum atomic E-state index is 12.5. The first-order valence-corrected chi connectivity index (χ1v) is 8.34. The number of aryl methyl sites for hydroxylation is 3. The minimum Gasteiger partial charge on any atom is -0.331 e. The Morgan fingerprint density at radius 1 is 1.20 bits per heavy atom. The second-order valence-corrected chi connectivity index (χ2v) is 6.34. The molecule has 1 N–H and O–H groups in total. The Morgan fingerprint density at radius 3 is 2.48 bits per heavy atom. The number of amides is 1. The Balaban J connectivity index is 1.65. The molecule has 3 rings (SSSR count). The van der Waals surface area contributed by atoms with Crippen LogP contribution in [0.4, 0.5) is 5.69 Å². The minimum absolute atomic E-state index is 0.0793. The molecule has 0 saturated carbocycles. The van der Waals surface area contributed by atoms with E-state index in [0.29, 0.717) is 0 Å². The van der Waals surface area contributed by atoms with Gasteiger partial charge >= 0.3 is 0 Å². The molecule has 1 atom stereocenters. The summed E-state index contributed by atoms with van der Waals surface area (Å²) in [6.45, 7) is 8.48. The van der Waals surface area contributed by atoms with Crippen LogP contribution in [0.2, 0.25) is 0 Å². The smallest absolute Gasteiger partial charge is 0.248 e. The Labute approximate surface area is 147 Å². The van der Waals surface area contributed by atoms with Crippen molar-refractivity contribution in [3.63, 3.8) is 0 Å². The number of anilines is 1. The van der Waals surface area contributed by atoms with E-state index in [4.69, 9.17) is 0 Å². The molecule has 0 unspecified atom stereocenters. The van der Waals surface area contributed by atoms with Crippen LogP contribution in [0.3, 0.4) is 0 Å². The highest BCUT2D eigenvalue weighted by molar-refractivity contribution is 5.93. The van der Waals surface area contributed by atoms with Gasteiger partial charge in [0.15, 0.2) is 0 Å². The van der Waals surface area contributed by atoms with Crippen molar-refractivity contribution >= 4 is 11.6 Å². The fraction of sp³-hybridized carbons (Fsp3) is 0.316. The molecule has 0 saturated heterocycles. The zero-order valence-electron chi connectivity index (χ0n) is 15.0. The summed E-state index contributed by atoms with van der Waals surface area (Å²) in [4.78, 5) is 16.7. The van der Waals surface area contributed by atoms with Gasteiger partial charge < -0.3 is 9.88 Å². The van der Waals surface area contributed by atoms with E-state index in [1.165, 1.54) is 0 Å². The maximum Gasteiger partial charge on any atom is 0.248 e. The number of rotatable bonds is 5. The van der Waals surface area contributed by atoms with Gasteiger partial charge in [0.2, 0.25) is 5.91 Å². The number of hydrogen-bond donors (Lipinski definition) is 1. The quantitative estimate of drug-likeness (QED) is 0.777. The fourth-order valence-electron chi connectivity index (χ4n) is 2.86. The molecular weight excluding hydrogens is 314 g/mol. The van der Waals surface area contributed by atoms with Gasteiger partial charge in [0.25, 0.3) is 0 Å². The lowest BCUT2D eigenvalue weighted by atomic mass is 10.2. The van der Waals surface area contributed by atoms with Crippen LogP contribution in [0.25, 0.3) is 0 Å². The molecular formula is C19H23N5O. The number of benzene rings is 1. The van der Waals surface area contributed by atoms with E-state index < -0.39 is 0 Å². The van der Waals surface area contributed by atoms with Crippen LogP contribution in [-0.2, 0) is 11.3 Å². The van der Waals surface area contributed by atoms with E-state index in [2.05, 4.69) is 20.0 Å². The normalized spacial score (nSPS) is 12.2. The Bertz CT molecular complexity index is 876. The molecule has 1 amide bonds. The van der Waals surface area contributed by atoms with E-state index >= 15 is 0 Å². The molecule has 2 aromatic heterocycles. The van der Waals surface area contributed by atoms with Crippen LogP contribution < -0.4 is 5.32 Å². The molecule has 25 heavy (non-hydrogen) atoms. The molecule has 3 aromatic rings. The molecule has 6 heteroatoms. The zero-order valence-corrected chi connectivity index (χ0v) is 15.0. The monoisotopic (exact) mass is 337 g/mol. The summed E-state index contributed by atoms with van der Waals surface area (Å²) >= 11 is 0. The number of carbonyl (C=O) groups excluding carboxylic acids is 1. The summed E-state index contributed by atoms with van der Waals surface area (Å²) in [6, 6.07) is 9.49. The SMILES string of the molecule is Cc1cc(C)n([C@H](C)C(=O)Nc2ccc(Cn3ccnc3C)cc2)n1. The lowest BCUT2D eigenvalue weighted by Gasteiger charge is -2.15. The van der Waals surface area contributed by atoms with Crippen molar-refractivity contribution in [3.8, 4) is 0 Å². The number of nitrogens with one attached hydrogen (secondary N) is 1. The molecule has 0 aliphatic heterocycles. The second kappa shape index (κ2) is 6.93. The van der Waals surface area contributed by atoms with E-state index in [0.717, 1.165) is 35.0 Å². The third-order valence-electron chi connectivity index (χ3n) is 4.29. The maximum absolute atomic E-state index is 12.5. The molecule has 0 spiro atoms. The number of hydrogen-bond acceptors (Lipinski definition) is 3. The average Bonchev–Trinajstić information content (AvgIpc) is 3.13. The van der Waals surface area contributed by atoms with Crippen LogP contribution in [0.15, 0.2) is 42.7 Å². The van der Waals surface area contributed by atoms with E-state index in [-0.39, 0.29) is 11.9 Å². The molecule has 2 heterocycles. The lowest BCUT2D eigenvalue weighted by molar-refractivity contribution is -0.119. The number of aromatic nitrogens is 4. The van der Waals surface area contributed by atoms with Crippen molar-refractivity contribution < 1.29 is 4.79 Å². The Hall–Kier alpha value is -2.89. The van der Waals surface area contributed by atoms with Gasteiger partial charge in [0.05, 0.1) is 5.69 Å². The van der Waals surface area contributed by atoms with Gasteiger partial charge in [-0.15, -0.1) is 0 Å². The number of nitrogens with zero attached hydrogens (tertiary/aromatic N) is 4. The molecule has 0 fully saturated rings. The van der Waals surface area contributed by atoms with Crippen molar-refractivity contribution in [3.05, 3.63) is 65.5 Å². The number of imidazole rings is 1. The van der Waals surface area contributed by atoms with Crippen molar-refractivity contribution in [2.75, 3.05) is 5.32 Å². The van der Waals surface area contributed by atoms with Crippen LogP contribution >= 0.6 is 0 Å².